The van der Waals surface area contributed by atoms with Gasteiger partial charge in [-0.25, -0.2) is 0 Å². The third kappa shape index (κ3) is 7.02. The third-order valence-corrected chi connectivity index (χ3v) is 29.8. The molecule has 0 aliphatic rings. The van der Waals surface area contributed by atoms with Gasteiger partial charge in [0.15, 0.2) is 0 Å². The molecule has 0 unspecified atom stereocenters. The van der Waals surface area contributed by atoms with Crippen LogP contribution in [0.4, 0.5) is 0 Å². The fraction of sp³-hybridized carbons (Fsp3) is 0.600. The Kier molecular flexibility index (Phi) is 10.0. The van der Waals surface area contributed by atoms with Crippen molar-refractivity contribution in [1.82, 2.24) is 0 Å². The van der Waals surface area contributed by atoms with Crippen molar-refractivity contribution in [2.24, 2.45) is 0 Å². The minimum absolute atomic E-state index is 1.27. The molecule has 0 fully saturated rings. The van der Waals surface area contributed by atoms with Gasteiger partial charge < -0.3 is 0 Å². The topological polar surface area (TPSA) is 0 Å². The molecule has 0 amide bonds. The Hall–Kier alpha value is 0.697. The molecule has 0 aliphatic carbocycles. The van der Waals surface area contributed by atoms with Gasteiger partial charge in [0.05, 0.1) is 0 Å². The van der Waals surface area contributed by atoms with E-state index < -0.39 is 36.8 Å². The van der Waals surface area contributed by atoms with Crippen molar-refractivity contribution in [3.63, 3.8) is 0 Å². The molecule has 4 rings (SSSR count). The SMILES string of the molecule is CCCCCCCCCCCCc1cc2c3s[c]([Sn]([CH3])([CH3])[CH3])cc3c3c[c]([Sn]([CH3])([CH3])[CH3])sc3c2s1. The summed E-state index contributed by atoms with van der Waals surface area (Å²) in [7, 11) is 0. The van der Waals surface area contributed by atoms with Crippen LogP contribution in [-0.2, 0) is 6.42 Å². The van der Waals surface area contributed by atoms with E-state index in [0.29, 0.717) is 0 Å². The zero-order valence-corrected chi connectivity index (χ0v) is 31.4. The molecule has 5 heteroatoms. The molecule has 4 aromatic rings. The summed E-state index contributed by atoms with van der Waals surface area (Å²) < 4.78 is 8.26. The fourth-order valence-electron chi connectivity index (χ4n) is 4.98. The van der Waals surface area contributed by atoms with Crippen molar-refractivity contribution in [1.29, 1.82) is 0 Å². The number of hydrogen-bond donors (Lipinski definition) is 0. The molecule has 0 N–H and O–H groups in total. The van der Waals surface area contributed by atoms with Crippen molar-refractivity contribution < 1.29 is 0 Å². The van der Waals surface area contributed by atoms with Gasteiger partial charge in [0.1, 0.15) is 0 Å². The molecule has 0 nitrogen and oxygen atoms in total. The van der Waals surface area contributed by atoms with Gasteiger partial charge in [0.2, 0.25) is 0 Å². The Bertz CT molecular complexity index is 1170. The molecular formula is C30H46S3Sn2. The van der Waals surface area contributed by atoms with Gasteiger partial charge in [-0.05, 0) is 0 Å². The Morgan fingerprint density at radius 2 is 0.971 bits per heavy atom. The number of thiophene rings is 3. The summed E-state index contributed by atoms with van der Waals surface area (Å²) in [5.74, 6) is 0. The van der Waals surface area contributed by atoms with Crippen LogP contribution in [0.25, 0.3) is 30.3 Å². The zero-order valence-electron chi connectivity index (χ0n) is 23.2. The number of aryl methyl sites for hydroxylation is 1. The van der Waals surface area contributed by atoms with Crippen LogP contribution in [0, 0.1) is 0 Å². The Labute approximate surface area is 234 Å². The summed E-state index contributed by atoms with van der Waals surface area (Å²) in [4.78, 5) is 17.1. The van der Waals surface area contributed by atoms with E-state index in [1.807, 2.05) is 0 Å². The second-order valence-electron chi connectivity index (χ2n) is 12.6. The molecule has 0 radical (unpaired) electrons. The van der Waals surface area contributed by atoms with Gasteiger partial charge in [0, 0.05) is 0 Å². The summed E-state index contributed by atoms with van der Waals surface area (Å²) in [5, 5.41) is 4.72. The second kappa shape index (κ2) is 12.3. The van der Waals surface area contributed by atoms with Crippen LogP contribution in [0.15, 0.2) is 18.2 Å². The van der Waals surface area contributed by atoms with E-state index in [4.69, 9.17) is 0 Å². The number of unbranched alkanes of at least 4 members (excludes halogenated alkanes) is 9. The summed E-state index contributed by atoms with van der Waals surface area (Å²) >= 11 is 2.20. The first-order valence-corrected chi connectivity index (χ1v) is 36.4. The Morgan fingerprint density at radius 3 is 1.51 bits per heavy atom. The molecule has 35 heavy (non-hydrogen) atoms. The maximum atomic E-state index is 2.62. The predicted octanol–water partition coefficient (Wildman–Crippen LogP) is 10.9. The van der Waals surface area contributed by atoms with E-state index in [2.05, 4.69) is 88.8 Å². The number of hydrogen-bond acceptors (Lipinski definition) is 3. The zero-order chi connectivity index (χ0) is 25.2. The Morgan fingerprint density at radius 1 is 0.514 bits per heavy atom. The van der Waals surface area contributed by atoms with E-state index in [1.54, 1.807) is 40.9 Å². The van der Waals surface area contributed by atoms with Crippen LogP contribution < -0.4 is 5.79 Å². The molecule has 0 saturated carbocycles. The first kappa shape index (κ1) is 28.7. The second-order valence-corrected chi connectivity index (χ2v) is 46.7. The van der Waals surface area contributed by atoms with Crippen LogP contribution in [0.5, 0.6) is 0 Å². The number of fused-ring (bicyclic) bond motifs is 6. The molecule has 3 heterocycles. The summed E-state index contributed by atoms with van der Waals surface area (Å²) in [5.41, 5.74) is 0. The summed E-state index contributed by atoms with van der Waals surface area (Å²) in [6, 6.07) is 7.83. The molecule has 3 aromatic heterocycles. The quantitative estimate of drug-likeness (QED) is 0.0946. The average molecular weight is 740 g/mol. The van der Waals surface area contributed by atoms with Crippen LogP contribution in [-0.4, -0.2) is 36.8 Å². The number of benzene rings is 1. The van der Waals surface area contributed by atoms with Gasteiger partial charge >= 0.3 is 198 Å². The van der Waals surface area contributed by atoms with Crippen molar-refractivity contribution in [2.75, 3.05) is 0 Å². The van der Waals surface area contributed by atoms with Crippen molar-refractivity contribution >= 4 is 107 Å². The van der Waals surface area contributed by atoms with Gasteiger partial charge in [0.25, 0.3) is 0 Å². The molecule has 0 saturated heterocycles. The first-order chi connectivity index (χ1) is 16.6. The van der Waals surface area contributed by atoms with Gasteiger partial charge in [-0.15, -0.1) is 0 Å². The molecular weight excluding hydrogens is 694 g/mol. The Balaban J connectivity index is 1.53. The predicted molar refractivity (Wildman–Crippen MR) is 174 cm³/mol. The first-order valence-electron chi connectivity index (χ1n) is 14.0. The standard InChI is InChI=1S/C24H28S3.6CH3.2Sn/c1-2-3-4-5-6-7-8-9-10-11-12-18-17-21-22-19(13-15-25-22)20-14-16-26-23(20)24(21)27-18;;;;;;;;/h13-14,17H,2-12H2,1H3;6*1H3;;. The van der Waals surface area contributed by atoms with Crippen LogP contribution >= 0.6 is 34.0 Å². The molecule has 0 bridgehead atoms. The maximum absolute atomic E-state index is 2.62. The minimum atomic E-state index is -2.11. The van der Waals surface area contributed by atoms with Gasteiger partial charge in [-0.3, -0.25) is 0 Å². The van der Waals surface area contributed by atoms with Gasteiger partial charge in [-0.1, -0.05) is 39.0 Å². The third-order valence-electron chi connectivity index (χ3n) is 7.24. The number of rotatable bonds is 13. The molecule has 0 spiro atoms. The fourth-order valence-corrected chi connectivity index (χ4v) is 19.2. The van der Waals surface area contributed by atoms with Crippen LogP contribution in [0.2, 0.25) is 29.6 Å². The van der Waals surface area contributed by atoms with E-state index in [-0.39, 0.29) is 0 Å². The summed E-state index contributed by atoms with van der Waals surface area (Å²) in [6.45, 7) is 2.31. The molecule has 0 aliphatic heterocycles. The molecule has 1 aromatic carbocycles. The molecule has 0 atom stereocenters. The van der Waals surface area contributed by atoms with Crippen LogP contribution in [0.3, 0.4) is 0 Å². The monoisotopic (exact) mass is 742 g/mol. The van der Waals surface area contributed by atoms with Crippen molar-refractivity contribution in [2.45, 2.75) is 107 Å². The summed E-state index contributed by atoms with van der Waals surface area (Å²) in [6.07, 6.45) is 15.5. The van der Waals surface area contributed by atoms with Crippen molar-refractivity contribution in [3.8, 4) is 0 Å². The van der Waals surface area contributed by atoms with E-state index >= 15 is 0 Å². The van der Waals surface area contributed by atoms with Gasteiger partial charge in [-0.2, -0.15) is 0 Å². The molecule has 192 valence electrons. The van der Waals surface area contributed by atoms with E-state index in [0.717, 1.165) is 0 Å². The van der Waals surface area contributed by atoms with E-state index in [9.17, 15) is 0 Å². The normalized spacial score (nSPS) is 13.1. The van der Waals surface area contributed by atoms with E-state index in [1.165, 1.54) is 70.6 Å². The average Bonchev–Trinajstić information content (AvgIpc) is 3.49. The van der Waals surface area contributed by atoms with Crippen LogP contribution in [0.1, 0.15) is 76.0 Å². The van der Waals surface area contributed by atoms with Crippen molar-refractivity contribution in [3.05, 3.63) is 23.1 Å².